The van der Waals surface area contributed by atoms with E-state index in [1.807, 2.05) is 36.4 Å². The van der Waals surface area contributed by atoms with Crippen LogP contribution in [0.1, 0.15) is 5.56 Å². The van der Waals surface area contributed by atoms with Crippen molar-refractivity contribution in [2.24, 2.45) is 7.05 Å². The van der Waals surface area contributed by atoms with Gasteiger partial charge in [0.05, 0.1) is 18.3 Å². The van der Waals surface area contributed by atoms with Crippen molar-refractivity contribution in [1.29, 1.82) is 0 Å². The highest BCUT2D eigenvalue weighted by atomic mass is 35.5. The Balaban J connectivity index is 1.55. The van der Waals surface area contributed by atoms with Crippen LogP contribution in [0.15, 0.2) is 99.2 Å². The summed E-state index contributed by atoms with van der Waals surface area (Å²) >= 11 is 12.3. The summed E-state index contributed by atoms with van der Waals surface area (Å²) in [6, 6.07) is 23.4. The molecule has 8 nitrogen and oxygen atoms in total. The van der Waals surface area contributed by atoms with Crippen LogP contribution in [0.25, 0.3) is 39.2 Å². The SMILES string of the molecule is Cn1c(=O)c(-c2ccc(Cl)cc2)c(-c2ccc(Cl)cc2)c2nn(Cc3ccc(-c4ccno4)cc3)c(=O)n21. The van der Waals surface area contributed by atoms with E-state index in [1.165, 1.54) is 13.9 Å². The molecule has 0 atom stereocenters. The molecule has 10 heteroatoms. The highest BCUT2D eigenvalue weighted by molar-refractivity contribution is 6.31. The predicted molar refractivity (Wildman–Crippen MR) is 147 cm³/mol. The Bertz CT molecular complexity index is 1890. The van der Waals surface area contributed by atoms with Gasteiger partial charge in [0.15, 0.2) is 11.4 Å². The maximum atomic E-state index is 13.7. The molecule has 3 aromatic carbocycles. The molecular formula is C28H19Cl2N5O3. The molecule has 0 fully saturated rings. The minimum Gasteiger partial charge on any atom is -0.356 e. The molecule has 0 saturated carbocycles. The van der Waals surface area contributed by atoms with Gasteiger partial charge in [-0.2, -0.15) is 4.52 Å². The van der Waals surface area contributed by atoms with Crippen molar-refractivity contribution in [3.05, 3.63) is 122 Å². The third kappa shape index (κ3) is 4.13. The molecule has 0 bridgehead atoms. The summed E-state index contributed by atoms with van der Waals surface area (Å²) in [4.78, 5) is 27.2. The third-order valence-electron chi connectivity index (χ3n) is 6.37. The molecule has 188 valence electrons. The van der Waals surface area contributed by atoms with Gasteiger partial charge in [0.1, 0.15) is 0 Å². The number of hydrogen-bond donors (Lipinski definition) is 0. The summed E-state index contributed by atoms with van der Waals surface area (Å²) in [5.41, 5.74) is 3.60. The molecule has 0 aliphatic rings. The van der Waals surface area contributed by atoms with Gasteiger partial charge in [-0.05, 0) is 41.0 Å². The Kier molecular flexibility index (Phi) is 5.98. The van der Waals surface area contributed by atoms with Gasteiger partial charge < -0.3 is 4.52 Å². The van der Waals surface area contributed by atoms with E-state index >= 15 is 0 Å². The molecule has 0 aliphatic heterocycles. The van der Waals surface area contributed by atoms with Gasteiger partial charge in [0.25, 0.3) is 5.56 Å². The fraction of sp³-hybridized carbons (Fsp3) is 0.0714. The molecule has 6 rings (SSSR count). The molecule has 0 amide bonds. The third-order valence-corrected chi connectivity index (χ3v) is 6.88. The molecule has 0 N–H and O–H groups in total. The Labute approximate surface area is 225 Å². The maximum Gasteiger partial charge on any atom is 0.365 e. The van der Waals surface area contributed by atoms with Crippen molar-refractivity contribution in [1.82, 2.24) is 24.1 Å². The lowest BCUT2D eigenvalue weighted by molar-refractivity contribution is 0.432. The second kappa shape index (κ2) is 9.48. The number of rotatable bonds is 5. The molecule has 3 heterocycles. The number of aryl methyl sites for hydroxylation is 1. The van der Waals surface area contributed by atoms with Crippen molar-refractivity contribution in [3.63, 3.8) is 0 Å². The van der Waals surface area contributed by atoms with Crippen LogP contribution in [0.3, 0.4) is 0 Å². The topological polar surface area (TPSA) is 87.3 Å². The molecule has 0 saturated heterocycles. The predicted octanol–water partition coefficient (Wildman–Crippen LogP) is 5.54. The number of halogens is 2. The smallest absolute Gasteiger partial charge is 0.356 e. The first-order valence-electron chi connectivity index (χ1n) is 11.7. The zero-order valence-electron chi connectivity index (χ0n) is 20.0. The minimum absolute atomic E-state index is 0.210. The van der Waals surface area contributed by atoms with Crippen LogP contribution in [0.2, 0.25) is 10.0 Å². The van der Waals surface area contributed by atoms with Crippen LogP contribution in [-0.2, 0) is 13.6 Å². The minimum atomic E-state index is -0.434. The zero-order chi connectivity index (χ0) is 26.4. The van der Waals surface area contributed by atoms with E-state index in [2.05, 4.69) is 5.16 Å². The van der Waals surface area contributed by atoms with E-state index in [0.717, 1.165) is 11.1 Å². The van der Waals surface area contributed by atoms with E-state index in [4.69, 9.17) is 32.8 Å². The van der Waals surface area contributed by atoms with E-state index in [0.29, 0.717) is 43.7 Å². The number of benzene rings is 3. The summed E-state index contributed by atoms with van der Waals surface area (Å²) in [7, 11) is 1.56. The number of nitrogens with zero attached hydrogens (tertiary/aromatic N) is 5. The lowest BCUT2D eigenvalue weighted by Crippen LogP contribution is -2.33. The summed E-state index contributed by atoms with van der Waals surface area (Å²) < 4.78 is 9.15. The van der Waals surface area contributed by atoms with Crippen LogP contribution < -0.4 is 11.2 Å². The van der Waals surface area contributed by atoms with Crippen molar-refractivity contribution >= 4 is 28.8 Å². The van der Waals surface area contributed by atoms with Gasteiger partial charge in [0, 0.05) is 34.3 Å². The molecule has 0 spiro atoms. The summed E-state index contributed by atoms with van der Waals surface area (Å²) in [6.07, 6.45) is 1.58. The quantitative estimate of drug-likeness (QED) is 0.285. The average molecular weight is 544 g/mol. The fourth-order valence-corrected chi connectivity index (χ4v) is 4.74. The van der Waals surface area contributed by atoms with Crippen molar-refractivity contribution in [2.75, 3.05) is 0 Å². The Hall–Kier alpha value is -4.40. The molecule has 0 unspecified atom stereocenters. The molecular weight excluding hydrogens is 525 g/mol. The normalized spacial score (nSPS) is 11.3. The lowest BCUT2D eigenvalue weighted by atomic mass is 9.96. The standard InChI is InChI=1S/C28H19Cl2N5O3/c1-33-27(36)25(20-8-12-22(30)13-9-20)24(19-6-10-21(29)11-7-19)26-32-34(28(37)35(26)33)16-17-2-4-18(5-3-17)23-14-15-31-38-23/h2-15H,16H2,1H3. The average Bonchev–Trinajstić information content (AvgIpc) is 3.57. The molecule has 3 aromatic heterocycles. The van der Waals surface area contributed by atoms with Crippen molar-refractivity contribution in [3.8, 4) is 33.6 Å². The van der Waals surface area contributed by atoms with Crippen LogP contribution in [0.4, 0.5) is 0 Å². The van der Waals surface area contributed by atoms with E-state index in [-0.39, 0.29) is 12.1 Å². The number of aromatic nitrogens is 5. The summed E-state index contributed by atoms with van der Waals surface area (Å²) in [6.45, 7) is 0.210. The van der Waals surface area contributed by atoms with E-state index < -0.39 is 5.69 Å². The second-order valence-corrected chi connectivity index (χ2v) is 9.61. The summed E-state index contributed by atoms with van der Waals surface area (Å²) in [5, 5.41) is 9.54. The van der Waals surface area contributed by atoms with Gasteiger partial charge in [-0.15, -0.1) is 5.10 Å². The molecule has 6 aromatic rings. The van der Waals surface area contributed by atoms with Crippen molar-refractivity contribution < 1.29 is 4.52 Å². The lowest BCUT2D eigenvalue weighted by Gasteiger charge is -2.13. The van der Waals surface area contributed by atoms with Crippen LogP contribution in [0.5, 0.6) is 0 Å². The van der Waals surface area contributed by atoms with Gasteiger partial charge in [-0.25, -0.2) is 14.2 Å². The first-order chi connectivity index (χ1) is 18.4. The Morgan fingerprint density at radius 2 is 1.34 bits per heavy atom. The van der Waals surface area contributed by atoms with E-state index in [9.17, 15) is 9.59 Å². The van der Waals surface area contributed by atoms with Gasteiger partial charge in [0.2, 0.25) is 0 Å². The number of fused-ring (bicyclic) bond motifs is 1. The van der Waals surface area contributed by atoms with Crippen molar-refractivity contribution in [2.45, 2.75) is 6.54 Å². The maximum absolute atomic E-state index is 13.7. The molecule has 0 radical (unpaired) electrons. The van der Waals surface area contributed by atoms with Gasteiger partial charge in [-0.3, -0.25) is 4.79 Å². The first kappa shape index (κ1) is 24.0. The van der Waals surface area contributed by atoms with Crippen LogP contribution >= 0.6 is 23.2 Å². The highest BCUT2D eigenvalue weighted by Crippen LogP contribution is 2.33. The molecule has 0 aliphatic carbocycles. The summed E-state index contributed by atoms with van der Waals surface area (Å²) in [5.74, 6) is 0.652. The Morgan fingerprint density at radius 1 is 0.763 bits per heavy atom. The highest BCUT2D eigenvalue weighted by Gasteiger charge is 2.23. The first-order valence-corrected chi connectivity index (χ1v) is 12.4. The second-order valence-electron chi connectivity index (χ2n) is 8.74. The number of hydrogen-bond acceptors (Lipinski definition) is 5. The largest absolute Gasteiger partial charge is 0.365 e. The monoisotopic (exact) mass is 543 g/mol. The van der Waals surface area contributed by atoms with Gasteiger partial charge >= 0.3 is 5.69 Å². The fourth-order valence-electron chi connectivity index (χ4n) is 4.49. The van der Waals surface area contributed by atoms with E-state index in [1.54, 1.807) is 55.7 Å². The molecule has 38 heavy (non-hydrogen) atoms. The zero-order valence-corrected chi connectivity index (χ0v) is 21.5. The van der Waals surface area contributed by atoms with Crippen LogP contribution in [-0.4, -0.2) is 24.1 Å². The van der Waals surface area contributed by atoms with Gasteiger partial charge in [-0.1, -0.05) is 76.9 Å². The van der Waals surface area contributed by atoms with Crippen LogP contribution in [0, 0.1) is 0 Å². The Morgan fingerprint density at radius 3 is 1.92 bits per heavy atom.